The second-order valence-corrected chi connectivity index (χ2v) is 4.18. The van der Waals surface area contributed by atoms with Crippen LogP contribution in [0.5, 0.6) is 5.75 Å². The van der Waals surface area contributed by atoms with Gasteiger partial charge in [-0.15, -0.1) is 12.4 Å². The summed E-state index contributed by atoms with van der Waals surface area (Å²) in [7, 11) is 0. The van der Waals surface area contributed by atoms with Gasteiger partial charge in [0.1, 0.15) is 5.75 Å². The predicted octanol–water partition coefficient (Wildman–Crippen LogP) is 3.26. The molecule has 0 saturated carbocycles. The van der Waals surface area contributed by atoms with Crippen LogP contribution in [0.1, 0.15) is 37.8 Å². The summed E-state index contributed by atoms with van der Waals surface area (Å²) < 4.78 is 28.2. The first-order valence-electron chi connectivity index (χ1n) is 6.03. The molecule has 0 radical (unpaired) electrons. The molecule has 1 aromatic rings. The number of unbranched alkanes of at least 4 members (excludes halogenated alkanes) is 1. The molecule has 0 aromatic heterocycles. The molecule has 0 amide bonds. The summed E-state index contributed by atoms with van der Waals surface area (Å²) in [5.41, 5.74) is 6.60. The van der Waals surface area contributed by atoms with Crippen LogP contribution in [0.15, 0.2) is 24.3 Å². The van der Waals surface area contributed by atoms with Crippen LogP contribution in [0, 0.1) is 0 Å². The van der Waals surface area contributed by atoms with Crippen molar-refractivity contribution in [3.63, 3.8) is 0 Å². The van der Waals surface area contributed by atoms with E-state index in [0.29, 0.717) is 12.0 Å². The Morgan fingerprint density at radius 3 is 2.32 bits per heavy atom. The lowest BCUT2D eigenvalue weighted by atomic mass is 9.98. The Hall–Kier alpha value is -0.910. The zero-order valence-electron chi connectivity index (χ0n) is 10.8. The fraction of sp³-hybridized carbons (Fsp3) is 0.538. The summed E-state index contributed by atoms with van der Waals surface area (Å²) in [5.74, 6) is 0.0870. The number of alkyl halides is 2. The Balaban J connectivity index is 0.00000324. The molecule has 1 aromatic carbocycles. The van der Waals surface area contributed by atoms with E-state index < -0.39 is 18.8 Å². The summed E-state index contributed by atoms with van der Waals surface area (Å²) >= 11 is 0. The van der Waals surface area contributed by atoms with Crippen LogP contribution >= 0.6 is 12.4 Å². The van der Waals surface area contributed by atoms with Crippen LogP contribution in [0.3, 0.4) is 0 Å². The summed E-state index contributed by atoms with van der Waals surface area (Å²) in [6.45, 7) is -0.797. The van der Waals surface area contributed by atoms with Gasteiger partial charge in [0, 0.05) is 0 Å². The van der Waals surface area contributed by atoms with Crippen LogP contribution in [0.25, 0.3) is 0 Å². The van der Waals surface area contributed by atoms with E-state index >= 15 is 0 Å². The van der Waals surface area contributed by atoms with Crippen LogP contribution in [0.4, 0.5) is 8.78 Å². The van der Waals surface area contributed by atoms with Crippen molar-refractivity contribution in [2.24, 2.45) is 5.73 Å². The Kier molecular flexibility index (Phi) is 8.63. The molecule has 3 N–H and O–H groups in total. The highest BCUT2D eigenvalue weighted by molar-refractivity contribution is 5.85. The van der Waals surface area contributed by atoms with Gasteiger partial charge in [0.25, 0.3) is 0 Å². The van der Waals surface area contributed by atoms with Gasteiger partial charge in [-0.2, -0.15) is 8.78 Å². The van der Waals surface area contributed by atoms with Crippen LogP contribution in [-0.2, 0) is 0 Å². The molecule has 3 nitrogen and oxygen atoms in total. The zero-order valence-corrected chi connectivity index (χ0v) is 11.6. The van der Waals surface area contributed by atoms with Crippen LogP contribution in [-0.4, -0.2) is 17.8 Å². The molecule has 110 valence electrons. The van der Waals surface area contributed by atoms with Crippen molar-refractivity contribution in [2.45, 2.75) is 44.9 Å². The van der Waals surface area contributed by atoms with Crippen molar-refractivity contribution < 1.29 is 18.6 Å². The van der Waals surface area contributed by atoms with E-state index in [1.807, 2.05) is 6.92 Å². The second kappa shape index (κ2) is 9.07. The van der Waals surface area contributed by atoms with Crippen molar-refractivity contribution >= 4 is 12.4 Å². The number of aliphatic hydroxyl groups excluding tert-OH is 1. The lowest BCUT2D eigenvalue weighted by molar-refractivity contribution is -0.0498. The smallest absolute Gasteiger partial charge is 0.387 e. The first-order chi connectivity index (χ1) is 8.54. The van der Waals surface area contributed by atoms with Crippen molar-refractivity contribution in [1.29, 1.82) is 0 Å². The molecular formula is C13H20ClF2NO2. The van der Waals surface area contributed by atoms with Gasteiger partial charge in [0.05, 0.1) is 12.1 Å². The number of hydrogen-bond acceptors (Lipinski definition) is 3. The molecular weight excluding hydrogens is 276 g/mol. The van der Waals surface area contributed by atoms with E-state index in [9.17, 15) is 13.9 Å². The van der Waals surface area contributed by atoms with E-state index in [4.69, 9.17) is 5.73 Å². The quantitative estimate of drug-likeness (QED) is 0.812. The van der Waals surface area contributed by atoms with Crippen molar-refractivity contribution in [3.8, 4) is 5.75 Å². The van der Waals surface area contributed by atoms with Crippen molar-refractivity contribution in [3.05, 3.63) is 29.8 Å². The molecule has 0 saturated heterocycles. The average Bonchev–Trinajstić information content (AvgIpc) is 2.35. The van der Waals surface area contributed by atoms with E-state index in [1.165, 1.54) is 12.1 Å². The lowest BCUT2D eigenvalue weighted by Crippen LogP contribution is -2.26. The van der Waals surface area contributed by atoms with Gasteiger partial charge in [-0.1, -0.05) is 31.9 Å². The highest BCUT2D eigenvalue weighted by Gasteiger charge is 2.16. The molecule has 0 bridgehead atoms. The molecule has 0 fully saturated rings. The average molecular weight is 296 g/mol. The number of aliphatic hydroxyl groups is 1. The van der Waals surface area contributed by atoms with E-state index in [1.54, 1.807) is 12.1 Å². The minimum absolute atomic E-state index is 0. The third-order valence-corrected chi connectivity index (χ3v) is 2.76. The third-order valence-electron chi connectivity index (χ3n) is 2.76. The second-order valence-electron chi connectivity index (χ2n) is 4.18. The maximum atomic E-state index is 12.0. The number of nitrogens with two attached hydrogens (primary N) is 1. The van der Waals surface area contributed by atoms with E-state index in [-0.39, 0.29) is 18.2 Å². The number of ether oxygens (including phenoxy) is 1. The van der Waals surface area contributed by atoms with Gasteiger partial charge in [0.2, 0.25) is 0 Å². The van der Waals surface area contributed by atoms with Gasteiger partial charge >= 0.3 is 6.61 Å². The van der Waals surface area contributed by atoms with Crippen molar-refractivity contribution in [2.75, 3.05) is 0 Å². The minimum atomic E-state index is -2.83. The normalized spacial score (nSPS) is 13.8. The standard InChI is InChI=1S/C13H19F2NO2.ClH/c1-2-3-4-11(17)12(16)9-5-7-10(8-6-9)18-13(14)15;/h5-8,11-13,17H,2-4,16H2,1H3;1H/t11-,12+;/m0./s1. The van der Waals surface area contributed by atoms with Gasteiger partial charge in [-0.25, -0.2) is 0 Å². The predicted molar refractivity (Wildman–Crippen MR) is 72.8 cm³/mol. The fourth-order valence-corrected chi connectivity index (χ4v) is 1.69. The molecule has 0 aliphatic heterocycles. The highest BCUT2D eigenvalue weighted by atomic mass is 35.5. The van der Waals surface area contributed by atoms with Crippen LogP contribution < -0.4 is 10.5 Å². The highest BCUT2D eigenvalue weighted by Crippen LogP contribution is 2.21. The number of halogens is 3. The van der Waals surface area contributed by atoms with Gasteiger partial charge in [0.15, 0.2) is 0 Å². The maximum absolute atomic E-state index is 12.0. The van der Waals surface area contributed by atoms with Crippen molar-refractivity contribution in [1.82, 2.24) is 0 Å². The topological polar surface area (TPSA) is 55.5 Å². The molecule has 0 heterocycles. The van der Waals surface area contributed by atoms with E-state index in [2.05, 4.69) is 4.74 Å². The molecule has 19 heavy (non-hydrogen) atoms. The monoisotopic (exact) mass is 295 g/mol. The molecule has 0 unspecified atom stereocenters. The third kappa shape index (κ3) is 6.18. The lowest BCUT2D eigenvalue weighted by Gasteiger charge is -2.19. The maximum Gasteiger partial charge on any atom is 0.387 e. The first kappa shape index (κ1) is 18.1. The van der Waals surface area contributed by atoms with Crippen LogP contribution in [0.2, 0.25) is 0 Å². The molecule has 0 aliphatic rings. The van der Waals surface area contributed by atoms with E-state index in [0.717, 1.165) is 12.8 Å². The molecule has 2 atom stereocenters. The summed E-state index contributed by atoms with van der Waals surface area (Å²) in [6.07, 6.45) is 1.91. The Morgan fingerprint density at radius 2 is 1.84 bits per heavy atom. The summed E-state index contributed by atoms with van der Waals surface area (Å²) in [5, 5.41) is 9.84. The summed E-state index contributed by atoms with van der Waals surface area (Å²) in [4.78, 5) is 0. The Morgan fingerprint density at radius 1 is 1.26 bits per heavy atom. The number of benzene rings is 1. The van der Waals surface area contributed by atoms with Gasteiger partial charge in [-0.05, 0) is 24.1 Å². The van der Waals surface area contributed by atoms with Gasteiger partial charge < -0.3 is 15.6 Å². The minimum Gasteiger partial charge on any atom is -0.435 e. The number of rotatable bonds is 7. The molecule has 0 aliphatic carbocycles. The molecule has 6 heteroatoms. The Labute approximate surface area is 118 Å². The summed E-state index contributed by atoms with van der Waals surface area (Å²) in [6, 6.07) is 5.54. The SMILES string of the molecule is CCCC[C@H](O)[C@H](N)c1ccc(OC(F)F)cc1.Cl. The first-order valence-corrected chi connectivity index (χ1v) is 6.03. The zero-order chi connectivity index (χ0) is 13.5. The number of hydrogen-bond donors (Lipinski definition) is 2. The fourth-order valence-electron chi connectivity index (χ4n) is 1.69. The largest absolute Gasteiger partial charge is 0.435 e. The van der Waals surface area contributed by atoms with Gasteiger partial charge in [-0.3, -0.25) is 0 Å². The molecule has 1 rings (SSSR count). The molecule has 0 spiro atoms. The Bertz CT molecular complexity index is 349.